The lowest BCUT2D eigenvalue weighted by Gasteiger charge is -2.38. The van der Waals surface area contributed by atoms with Gasteiger partial charge in [0.05, 0.1) is 0 Å². The fraction of sp³-hybridized carbons (Fsp3) is 0.423. The molecule has 170 valence electrons. The van der Waals surface area contributed by atoms with Gasteiger partial charge < -0.3 is 15.1 Å². The van der Waals surface area contributed by atoms with Gasteiger partial charge in [0.15, 0.2) is 0 Å². The van der Waals surface area contributed by atoms with Gasteiger partial charge in [0.1, 0.15) is 0 Å². The van der Waals surface area contributed by atoms with Gasteiger partial charge in [-0.25, -0.2) is 0 Å². The van der Waals surface area contributed by atoms with Crippen LogP contribution in [-0.2, 0) is 4.79 Å². The first-order valence-electron chi connectivity index (χ1n) is 11.5. The van der Waals surface area contributed by atoms with E-state index in [1.807, 2.05) is 65.3 Å². The van der Waals surface area contributed by atoms with Crippen molar-refractivity contribution in [2.24, 2.45) is 0 Å². The highest BCUT2D eigenvalue weighted by Gasteiger charge is 2.29. The minimum absolute atomic E-state index is 0.0522. The summed E-state index contributed by atoms with van der Waals surface area (Å²) in [5, 5.41) is 2.87. The number of likely N-dealkylation sites (tertiary alicyclic amines) is 1. The Balaban J connectivity index is 1.50. The predicted molar refractivity (Wildman–Crippen MR) is 126 cm³/mol. The molecule has 1 fully saturated rings. The number of carbonyl (C=O) groups is 3. The Hall–Kier alpha value is -3.15. The van der Waals surface area contributed by atoms with Gasteiger partial charge in [-0.2, -0.15) is 0 Å². The summed E-state index contributed by atoms with van der Waals surface area (Å²) >= 11 is 0. The Morgan fingerprint density at radius 1 is 1.00 bits per heavy atom. The number of nitrogens with one attached hydrogen (secondary N) is 1. The standard InChI is InChI=1S/C26H33N3O3/c1-3-17-29(24(30)13-16-27-25(31)23-12-8-7-9-20(23)2)22-14-18-28(19-15-22)26(32)21-10-5-4-6-11-21/h4-12,22H,3,13-19H2,1-2H3,(H,27,31). The molecule has 2 aromatic carbocycles. The van der Waals surface area contributed by atoms with Crippen LogP contribution in [0.25, 0.3) is 0 Å². The number of amides is 3. The fourth-order valence-corrected chi connectivity index (χ4v) is 4.25. The normalized spacial score (nSPS) is 14.1. The Kier molecular flexibility index (Phi) is 8.42. The van der Waals surface area contributed by atoms with Crippen LogP contribution in [0.1, 0.15) is 58.9 Å². The highest BCUT2D eigenvalue weighted by atomic mass is 16.2. The molecule has 3 amide bonds. The molecule has 0 spiro atoms. The third kappa shape index (κ3) is 5.96. The summed E-state index contributed by atoms with van der Waals surface area (Å²) in [5.74, 6) is -0.0354. The summed E-state index contributed by atoms with van der Waals surface area (Å²) < 4.78 is 0. The van der Waals surface area contributed by atoms with Crippen LogP contribution in [0.15, 0.2) is 54.6 Å². The molecule has 1 saturated heterocycles. The van der Waals surface area contributed by atoms with Crippen LogP contribution >= 0.6 is 0 Å². The maximum atomic E-state index is 12.9. The number of hydrogen-bond acceptors (Lipinski definition) is 3. The van der Waals surface area contributed by atoms with Crippen LogP contribution < -0.4 is 5.32 Å². The smallest absolute Gasteiger partial charge is 0.253 e. The third-order valence-corrected chi connectivity index (χ3v) is 6.01. The van der Waals surface area contributed by atoms with Crippen molar-refractivity contribution in [3.8, 4) is 0 Å². The molecule has 6 nitrogen and oxygen atoms in total. The molecule has 0 aromatic heterocycles. The monoisotopic (exact) mass is 435 g/mol. The van der Waals surface area contributed by atoms with E-state index in [9.17, 15) is 14.4 Å². The minimum Gasteiger partial charge on any atom is -0.352 e. The van der Waals surface area contributed by atoms with Gasteiger partial charge >= 0.3 is 0 Å². The zero-order valence-corrected chi connectivity index (χ0v) is 19.0. The van der Waals surface area contributed by atoms with Crippen LogP contribution in [0.2, 0.25) is 0 Å². The molecule has 0 unspecified atom stereocenters. The van der Waals surface area contributed by atoms with Crippen molar-refractivity contribution in [1.82, 2.24) is 15.1 Å². The summed E-state index contributed by atoms with van der Waals surface area (Å²) in [7, 11) is 0. The van der Waals surface area contributed by atoms with E-state index in [2.05, 4.69) is 12.2 Å². The highest BCUT2D eigenvalue weighted by molar-refractivity contribution is 5.96. The summed E-state index contributed by atoms with van der Waals surface area (Å²) in [5.41, 5.74) is 2.26. The Morgan fingerprint density at radius 2 is 1.66 bits per heavy atom. The molecule has 1 aliphatic heterocycles. The van der Waals surface area contributed by atoms with E-state index in [0.717, 1.165) is 24.8 Å². The van der Waals surface area contributed by atoms with E-state index in [-0.39, 0.29) is 30.2 Å². The molecule has 1 heterocycles. The lowest BCUT2D eigenvalue weighted by Crippen LogP contribution is -2.49. The van der Waals surface area contributed by atoms with E-state index in [4.69, 9.17) is 0 Å². The average Bonchev–Trinajstić information content (AvgIpc) is 2.83. The molecule has 2 aromatic rings. The molecule has 0 bridgehead atoms. The van der Waals surface area contributed by atoms with Crippen molar-refractivity contribution in [3.05, 3.63) is 71.3 Å². The van der Waals surface area contributed by atoms with Gasteiger partial charge in [0, 0.05) is 49.8 Å². The summed E-state index contributed by atoms with van der Waals surface area (Å²) in [6.07, 6.45) is 2.71. The van der Waals surface area contributed by atoms with Crippen LogP contribution in [0.5, 0.6) is 0 Å². The van der Waals surface area contributed by atoms with E-state index < -0.39 is 0 Å². The van der Waals surface area contributed by atoms with Gasteiger partial charge in [-0.3, -0.25) is 14.4 Å². The third-order valence-electron chi connectivity index (χ3n) is 6.01. The zero-order valence-electron chi connectivity index (χ0n) is 19.0. The van der Waals surface area contributed by atoms with Crippen molar-refractivity contribution in [1.29, 1.82) is 0 Å². The molecule has 6 heteroatoms. The van der Waals surface area contributed by atoms with E-state index in [1.54, 1.807) is 6.07 Å². The summed E-state index contributed by atoms with van der Waals surface area (Å²) in [4.78, 5) is 41.8. The molecule has 32 heavy (non-hydrogen) atoms. The highest BCUT2D eigenvalue weighted by Crippen LogP contribution is 2.20. The lowest BCUT2D eigenvalue weighted by molar-refractivity contribution is -0.134. The first kappa shape index (κ1) is 23.5. The zero-order chi connectivity index (χ0) is 22.9. The molecule has 3 rings (SSSR count). The molecule has 1 N–H and O–H groups in total. The maximum absolute atomic E-state index is 12.9. The van der Waals surface area contributed by atoms with Crippen LogP contribution in [0.4, 0.5) is 0 Å². The van der Waals surface area contributed by atoms with E-state index in [1.165, 1.54) is 0 Å². The second kappa shape index (κ2) is 11.5. The largest absolute Gasteiger partial charge is 0.352 e. The number of hydrogen-bond donors (Lipinski definition) is 1. The molecule has 1 aliphatic rings. The number of aryl methyl sites for hydroxylation is 1. The Morgan fingerprint density at radius 3 is 2.31 bits per heavy atom. The Bertz CT molecular complexity index is 921. The fourth-order valence-electron chi connectivity index (χ4n) is 4.25. The quantitative estimate of drug-likeness (QED) is 0.688. The van der Waals surface area contributed by atoms with E-state index >= 15 is 0 Å². The minimum atomic E-state index is -0.148. The number of piperidine rings is 1. The van der Waals surface area contributed by atoms with Crippen LogP contribution in [0, 0.1) is 6.92 Å². The molecule has 0 atom stereocenters. The topological polar surface area (TPSA) is 69.7 Å². The molecule has 0 radical (unpaired) electrons. The lowest BCUT2D eigenvalue weighted by atomic mass is 10.0. The van der Waals surface area contributed by atoms with Crippen LogP contribution in [-0.4, -0.2) is 59.7 Å². The Labute approximate surface area is 190 Å². The number of nitrogens with zero attached hydrogens (tertiary/aromatic N) is 2. The molecular formula is C26H33N3O3. The van der Waals surface area contributed by atoms with Crippen LogP contribution in [0.3, 0.4) is 0 Å². The number of carbonyl (C=O) groups excluding carboxylic acids is 3. The van der Waals surface area contributed by atoms with Crippen molar-refractivity contribution in [3.63, 3.8) is 0 Å². The molecular weight excluding hydrogens is 402 g/mol. The average molecular weight is 436 g/mol. The summed E-state index contributed by atoms with van der Waals surface area (Å²) in [6.45, 7) is 6.28. The first-order valence-corrected chi connectivity index (χ1v) is 11.5. The first-order chi connectivity index (χ1) is 15.5. The van der Waals surface area contributed by atoms with Gasteiger partial charge in [-0.15, -0.1) is 0 Å². The van der Waals surface area contributed by atoms with Crippen molar-refractivity contribution in [2.75, 3.05) is 26.2 Å². The van der Waals surface area contributed by atoms with Gasteiger partial charge in [-0.1, -0.05) is 43.3 Å². The number of benzene rings is 2. The van der Waals surface area contributed by atoms with E-state index in [0.29, 0.717) is 37.3 Å². The molecule has 0 saturated carbocycles. The van der Waals surface area contributed by atoms with Crippen molar-refractivity contribution >= 4 is 17.7 Å². The van der Waals surface area contributed by atoms with Gasteiger partial charge in [-0.05, 0) is 49.9 Å². The van der Waals surface area contributed by atoms with Gasteiger partial charge in [0.2, 0.25) is 5.91 Å². The predicted octanol–water partition coefficient (Wildman–Crippen LogP) is 3.66. The second-order valence-electron chi connectivity index (χ2n) is 8.30. The van der Waals surface area contributed by atoms with Gasteiger partial charge in [0.25, 0.3) is 11.8 Å². The number of rotatable bonds is 8. The summed E-state index contributed by atoms with van der Waals surface area (Å²) in [6, 6.07) is 16.9. The second-order valence-corrected chi connectivity index (χ2v) is 8.30. The SMILES string of the molecule is CCCN(C(=O)CCNC(=O)c1ccccc1C)C1CCN(C(=O)c2ccccc2)CC1. The molecule has 0 aliphatic carbocycles. The maximum Gasteiger partial charge on any atom is 0.253 e. The van der Waals surface area contributed by atoms with Crippen molar-refractivity contribution in [2.45, 2.75) is 45.6 Å². The van der Waals surface area contributed by atoms with Crippen molar-refractivity contribution < 1.29 is 14.4 Å².